The van der Waals surface area contributed by atoms with Gasteiger partial charge >= 0.3 is 5.97 Å². The lowest BCUT2D eigenvalue weighted by Crippen LogP contribution is -2.70. The Hall–Kier alpha value is -1.79. The fourth-order valence-corrected chi connectivity index (χ4v) is 17.9. The van der Waals surface area contributed by atoms with Gasteiger partial charge in [0.25, 0.3) is 0 Å². The van der Waals surface area contributed by atoms with Gasteiger partial charge in [0, 0.05) is 5.41 Å². The fraction of sp³-hybridized carbons (Fsp3) is 0.949. The summed E-state index contributed by atoms with van der Waals surface area (Å²) in [6, 6.07) is 0. The van der Waals surface area contributed by atoms with Gasteiger partial charge in [-0.3, -0.25) is 4.79 Å². The molecule has 27 nitrogen and oxygen atoms in total. The number of rotatable bonds is 13. The first-order valence-corrected chi connectivity index (χ1v) is 30.7. The standard InChI is InChI=1S/C59H96O27/c1-22-33(65)36(68)40(72)48(77-22)83-45-29(20-61)81-51(43(45)75)82-44-24(3)79-49(42(74)39(44)71)84-46-38(70)34(66)23(2)78-52(46)86-53(76)59-15-14-54(4,5)16-26(59)25-10-11-31-55(6)17-27(63)47(85-50-41(73)37(69)35(67)28(19-60)80-50)56(7,21-62)30(55)12-13-57(31,8)58(25,9)18-32(59)64/h10,22-24,26-52,60-75H,11-21H2,1-9H3. The molecule has 16 N–H and O–H groups in total. The van der Waals surface area contributed by atoms with E-state index in [0.29, 0.717) is 32.1 Å². The van der Waals surface area contributed by atoms with Crippen molar-refractivity contribution in [2.45, 2.75) is 279 Å². The average Bonchev–Trinajstić information content (AvgIpc) is 0.735. The van der Waals surface area contributed by atoms with Crippen LogP contribution in [0.4, 0.5) is 0 Å². The molecule has 5 heterocycles. The highest BCUT2D eigenvalue weighted by molar-refractivity contribution is 5.80. The number of ether oxygens (including phenoxy) is 10. The Bertz CT molecular complexity index is 2420. The summed E-state index contributed by atoms with van der Waals surface area (Å²) in [6.07, 6.45) is -36.2. The molecule has 10 aliphatic rings. The molecule has 0 radical (unpaired) electrons. The first-order valence-electron chi connectivity index (χ1n) is 30.7. The molecule has 86 heavy (non-hydrogen) atoms. The van der Waals surface area contributed by atoms with Gasteiger partial charge < -0.3 is 129 Å². The minimum Gasteiger partial charge on any atom is -0.432 e. The molecule has 494 valence electrons. The van der Waals surface area contributed by atoms with Crippen LogP contribution in [0.25, 0.3) is 0 Å². The number of aliphatic hydroxyl groups is 16. The van der Waals surface area contributed by atoms with E-state index in [4.69, 9.17) is 47.4 Å². The largest absolute Gasteiger partial charge is 0.432 e. The molecule has 0 aromatic carbocycles. The van der Waals surface area contributed by atoms with Crippen LogP contribution in [0.5, 0.6) is 0 Å². The van der Waals surface area contributed by atoms with Crippen LogP contribution in [0.3, 0.4) is 0 Å². The molecule has 4 saturated carbocycles. The van der Waals surface area contributed by atoms with E-state index in [9.17, 15) is 81.7 Å². The molecular formula is C59H96O27. The summed E-state index contributed by atoms with van der Waals surface area (Å²) < 4.78 is 59.7. The second-order valence-electron chi connectivity index (χ2n) is 28.7. The number of esters is 1. The van der Waals surface area contributed by atoms with Gasteiger partial charge in [-0.05, 0) is 112 Å². The molecule has 0 spiro atoms. The molecule has 0 aromatic heterocycles. The lowest BCUT2D eigenvalue weighted by Gasteiger charge is -2.72. The van der Waals surface area contributed by atoms with Crippen molar-refractivity contribution in [1.82, 2.24) is 0 Å². The molecule has 35 unspecified atom stereocenters. The maximum Gasteiger partial charge on any atom is 0.317 e. The summed E-state index contributed by atoms with van der Waals surface area (Å²) in [5.41, 5.74) is -4.01. The molecular weight excluding hydrogens is 1140 g/mol. The highest BCUT2D eigenvalue weighted by Crippen LogP contribution is 2.76. The summed E-state index contributed by atoms with van der Waals surface area (Å²) in [5.74, 6) is -1.85. The second-order valence-corrected chi connectivity index (χ2v) is 28.7. The molecule has 0 amide bonds. The van der Waals surface area contributed by atoms with Crippen molar-refractivity contribution in [3.05, 3.63) is 11.6 Å². The van der Waals surface area contributed by atoms with Crippen LogP contribution < -0.4 is 0 Å². The van der Waals surface area contributed by atoms with Crippen molar-refractivity contribution in [1.29, 1.82) is 0 Å². The Morgan fingerprint density at radius 1 is 0.523 bits per heavy atom. The highest BCUT2D eigenvalue weighted by atomic mass is 16.8. The van der Waals surface area contributed by atoms with Gasteiger partial charge in [0.1, 0.15) is 97.0 Å². The molecule has 9 fully saturated rings. The van der Waals surface area contributed by atoms with E-state index in [1.165, 1.54) is 20.8 Å². The minimum absolute atomic E-state index is 0.120. The zero-order chi connectivity index (χ0) is 63.0. The summed E-state index contributed by atoms with van der Waals surface area (Å²) in [6.45, 7) is 15.0. The molecule has 5 aliphatic carbocycles. The second kappa shape index (κ2) is 24.3. The van der Waals surface area contributed by atoms with E-state index >= 15 is 4.79 Å². The maximum atomic E-state index is 15.6. The van der Waals surface area contributed by atoms with E-state index in [1.54, 1.807) is 0 Å². The summed E-state index contributed by atoms with van der Waals surface area (Å²) in [5, 5.41) is 177. The van der Waals surface area contributed by atoms with Crippen LogP contribution in [-0.4, -0.2) is 273 Å². The van der Waals surface area contributed by atoms with Crippen LogP contribution in [-0.2, 0) is 52.2 Å². The van der Waals surface area contributed by atoms with Crippen molar-refractivity contribution in [2.24, 2.45) is 50.2 Å². The SMILES string of the molecule is CC1OC(OC2C(CO)OC(OC3C(C)OC(OC4C(OC(=O)C56CCC(C)(C)CC5C5=CCC7C8(C)CC(O)C(OC9OC(CO)C(O)C(O)C9O)C(C)(CO)C8CCC7(C)C5(C)CC6O)OC(C)C(O)C4O)C(O)C3O)C2O)C(O)C(O)C1O. The van der Waals surface area contributed by atoms with E-state index in [0.717, 1.165) is 5.57 Å². The Morgan fingerprint density at radius 2 is 1.05 bits per heavy atom. The van der Waals surface area contributed by atoms with Gasteiger partial charge in [-0.15, -0.1) is 0 Å². The number of allylic oxidation sites excluding steroid dienone is 2. The first-order chi connectivity index (χ1) is 40.2. The predicted molar refractivity (Wildman–Crippen MR) is 289 cm³/mol. The Labute approximate surface area is 499 Å². The van der Waals surface area contributed by atoms with Crippen molar-refractivity contribution in [3.8, 4) is 0 Å². The van der Waals surface area contributed by atoms with Crippen molar-refractivity contribution in [3.63, 3.8) is 0 Å². The van der Waals surface area contributed by atoms with Crippen molar-refractivity contribution >= 4 is 5.97 Å². The van der Waals surface area contributed by atoms with Gasteiger partial charge in [0.2, 0.25) is 6.29 Å². The number of fused-ring (bicyclic) bond motifs is 7. The quantitative estimate of drug-likeness (QED) is 0.0482. The molecule has 0 bridgehead atoms. The van der Waals surface area contributed by atoms with Crippen LogP contribution in [0.1, 0.15) is 114 Å². The summed E-state index contributed by atoms with van der Waals surface area (Å²) >= 11 is 0. The van der Waals surface area contributed by atoms with Crippen LogP contribution in [0, 0.1) is 50.2 Å². The fourth-order valence-electron chi connectivity index (χ4n) is 17.9. The lowest BCUT2D eigenvalue weighted by molar-refractivity contribution is -0.367. The van der Waals surface area contributed by atoms with E-state index < -0.39 is 225 Å². The number of hydrogen-bond acceptors (Lipinski definition) is 27. The van der Waals surface area contributed by atoms with Gasteiger partial charge in [-0.1, -0.05) is 53.2 Å². The van der Waals surface area contributed by atoms with Gasteiger partial charge in [0.05, 0.1) is 56.4 Å². The summed E-state index contributed by atoms with van der Waals surface area (Å²) in [7, 11) is 0. The Kier molecular flexibility index (Phi) is 18.9. The molecule has 35 atom stereocenters. The third-order valence-electron chi connectivity index (χ3n) is 23.2. The highest BCUT2D eigenvalue weighted by Gasteiger charge is 2.73. The minimum atomic E-state index is -1.99. The smallest absolute Gasteiger partial charge is 0.317 e. The third kappa shape index (κ3) is 10.7. The van der Waals surface area contributed by atoms with Gasteiger partial charge in [-0.25, -0.2) is 0 Å². The van der Waals surface area contributed by atoms with Crippen molar-refractivity contribution in [2.75, 3.05) is 19.8 Å². The third-order valence-corrected chi connectivity index (χ3v) is 23.2. The van der Waals surface area contributed by atoms with E-state index in [1.807, 2.05) is 6.92 Å². The van der Waals surface area contributed by atoms with E-state index in [2.05, 4.69) is 40.7 Å². The number of carbonyl (C=O) groups is 1. The van der Waals surface area contributed by atoms with Crippen LogP contribution >= 0.6 is 0 Å². The molecule has 5 aliphatic heterocycles. The lowest BCUT2D eigenvalue weighted by atomic mass is 9.33. The van der Waals surface area contributed by atoms with E-state index in [-0.39, 0.29) is 36.5 Å². The topological polar surface area (TPSA) is 433 Å². The molecule has 0 aromatic rings. The van der Waals surface area contributed by atoms with Crippen molar-refractivity contribution < 1.29 is 134 Å². The molecule has 10 rings (SSSR count). The van der Waals surface area contributed by atoms with Gasteiger partial charge in [-0.2, -0.15) is 0 Å². The Morgan fingerprint density at radius 3 is 1.67 bits per heavy atom. The summed E-state index contributed by atoms with van der Waals surface area (Å²) in [4.78, 5) is 15.6. The molecule has 5 saturated heterocycles. The number of carbonyl (C=O) groups excluding carboxylic acids is 1. The zero-order valence-electron chi connectivity index (χ0n) is 50.3. The Balaban J connectivity index is 0.865. The number of aliphatic hydroxyl groups excluding tert-OH is 16. The van der Waals surface area contributed by atoms with Gasteiger partial charge in [0.15, 0.2) is 31.3 Å². The first kappa shape index (κ1) is 67.1. The predicted octanol–water partition coefficient (Wildman–Crippen LogP) is -3.58. The number of hydrogen-bond donors (Lipinski definition) is 16. The average molecular weight is 1240 g/mol. The normalized spacial score (nSPS) is 56.4. The van der Waals surface area contributed by atoms with Crippen LogP contribution in [0.2, 0.25) is 0 Å². The molecule has 27 heteroatoms. The maximum absolute atomic E-state index is 15.6. The monoisotopic (exact) mass is 1240 g/mol. The zero-order valence-corrected chi connectivity index (χ0v) is 50.3. The van der Waals surface area contributed by atoms with Crippen LogP contribution in [0.15, 0.2) is 11.6 Å².